The minimum absolute atomic E-state index is 0.0345. The molecule has 9 heteroatoms. The second-order valence-electron chi connectivity index (χ2n) is 4.90. The molecule has 2 heterocycles. The summed E-state index contributed by atoms with van der Waals surface area (Å²) in [6.07, 6.45) is 0.385. The molecule has 2 amide bonds. The van der Waals surface area contributed by atoms with Crippen LogP contribution in [0.5, 0.6) is 0 Å². The Balaban J connectivity index is 2.07. The smallest absolute Gasteiger partial charge is 0.328 e. The second kappa shape index (κ2) is 5.96. The van der Waals surface area contributed by atoms with Gasteiger partial charge in [0.15, 0.2) is 15.9 Å². The van der Waals surface area contributed by atoms with Crippen LogP contribution in [-0.2, 0) is 19.4 Å². The van der Waals surface area contributed by atoms with E-state index >= 15 is 0 Å². The Morgan fingerprint density at radius 2 is 1.90 bits per heavy atom. The van der Waals surface area contributed by atoms with E-state index in [4.69, 9.17) is 9.84 Å². The Labute approximate surface area is 117 Å². The number of carboxylic acids is 1. The first-order valence-electron chi connectivity index (χ1n) is 6.47. The molecule has 20 heavy (non-hydrogen) atoms. The van der Waals surface area contributed by atoms with Gasteiger partial charge in [-0.25, -0.2) is 18.0 Å². The van der Waals surface area contributed by atoms with E-state index in [1.165, 1.54) is 9.80 Å². The lowest BCUT2D eigenvalue weighted by molar-refractivity contribution is -0.147. The summed E-state index contributed by atoms with van der Waals surface area (Å²) < 4.78 is 28.1. The van der Waals surface area contributed by atoms with Gasteiger partial charge < -0.3 is 19.6 Å². The molecule has 8 nitrogen and oxygen atoms in total. The molecule has 2 saturated heterocycles. The van der Waals surface area contributed by atoms with E-state index in [1.54, 1.807) is 0 Å². The number of sulfone groups is 1. The van der Waals surface area contributed by atoms with E-state index in [9.17, 15) is 18.0 Å². The number of aliphatic carboxylic acids is 1. The third-order valence-corrected chi connectivity index (χ3v) is 5.20. The van der Waals surface area contributed by atoms with Crippen LogP contribution in [0.15, 0.2) is 0 Å². The maximum Gasteiger partial charge on any atom is 0.328 e. The fraction of sp³-hybridized carbons (Fsp3) is 0.818. The van der Waals surface area contributed by atoms with E-state index in [0.29, 0.717) is 19.6 Å². The van der Waals surface area contributed by atoms with Gasteiger partial charge in [-0.2, -0.15) is 0 Å². The van der Waals surface area contributed by atoms with Crippen LogP contribution < -0.4 is 0 Å². The number of carbonyl (C=O) groups is 2. The monoisotopic (exact) mass is 306 g/mol. The number of ether oxygens (including phenoxy) is 1. The van der Waals surface area contributed by atoms with Crippen LogP contribution in [0.1, 0.15) is 6.42 Å². The molecular formula is C11H18N2O6S. The highest BCUT2D eigenvalue weighted by Gasteiger charge is 2.35. The molecule has 2 aliphatic rings. The molecule has 1 N–H and O–H groups in total. The van der Waals surface area contributed by atoms with Crippen molar-refractivity contribution in [3.8, 4) is 0 Å². The van der Waals surface area contributed by atoms with Gasteiger partial charge in [-0.3, -0.25) is 0 Å². The standard InChI is InChI=1S/C11H18N2O6S/c14-10(15)9-8-19-5-3-13(9)11(16)12-2-1-6-20(17,18)7-4-12/h9H,1-8H2,(H,14,15). The lowest BCUT2D eigenvalue weighted by atomic mass is 10.2. The van der Waals surface area contributed by atoms with E-state index in [1.807, 2.05) is 0 Å². The maximum atomic E-state index is 12.4. The number of amides is 2. The molecular weight excluding hydrogens is 288 g/mol. The number of morpholine rings is 1. The molecule has 0 radical (unpaired) electrons. The first-order valence-corrected chi connectivity index (χ1v) is 8.29. The number of nitrogens with zero attached hydrogens (tertiary/aromatic N) is 2. The largest absolute Gasteiger partial charge is 0.480 e. The van der Waals surface area contributed by atoms with Gasteiger partial charge in [-0.1, -0.05) is 0 Å². The highest BCUT2D eigenvalue weighted by atomic mass is 32.2. The Hall–Kier alpha value is -1.35. The van der Waals surface area contributed by atoms with Crippen molar-refractivity contribution in [3.05, 3.63) is 0 Å². The highest BCUT2D eigenvalue weighted by molar-refractivity contribution is 7.91. The lowest BCUT2D eigenvalue weighted by Crippen LogP contribution is -2.56. The summed E-state index contributed by atoms with van der Waals surface area (Å²) in [7, 11) is -3.10. The van der Waals surface area contributed by atoms with Crippen LogP contribution in [-0.4, -0.2) is 85.7 Å². The molecule has 2 rings (SSSR count). The first-order chi connectivity index (χ1) is 9.41. The third kappa shape index (κ3) is 3.40. The van der Waals surface area contributed by atoms with Crippen molar-refractivity contribution in [2.45, 2.75) is 12.5 Å². The van der Waals surface area contributed by atoms with Crippen molar-refractivity contribution in [2.75, 3.05) is 44.4 Å². The van der Waals surface area contributed by atoms with Gasteiger partial charge in [-0.05, 0) is 6.42 Å². The number of hydrogen-bond acceptors (Lipinski definition) is 5. The van der Waals surface area contributed by atoms with E-state index in [2.05, 4.69) is 0 Å². The molecule has 0 spiro atoms. The van der Waals surface area contributed by atoms with Crippen molar-refractivity contribution in [1.82, 2.24) is 9.80 Å². The SMILES string of the molecule is O=C(O)C1COCCN1C(=O)N1CCCS(=O)(=O)CC1. The van der Waals surface area contributed by atoms with Crippen LogP contribution in [0, 0.1) is 0 Å². The minimum atomic E-state index is -3.10. The molecule has 2 aliphatic heterocycles. The average Bonchev–Trinajstić information content (AvgIpc) is 2.59. The molecule has 0 aliphatic carbocycles. The van der Waals surface area contributed by atoms with E-state index in [-0.39, 0.29) is 31.2 Å². The molecule has 0 saturated carbocycles. The van der Waals surface area contributed by atoms with Crippen molar-refractivity contribution in [3.63, 3.8) is 0 Å². The second-order valence-corrected chi connectivity index (χ2v) is 7.20. The lowest BCUT2D eigenvalue weighted by Gasteiger charge is -2.36. The molecule has 114 valence electrons. The van der Waals surface area contributed by atoms with Crippen LogP contribution in [0.4, 0.5) is 4.79 Å². The summed E-state index contributed by atoms with van der Waals surface area (Å²) in [6, 6.07) is -1.42. The Bertz CT molecular complexity index is 491. The minimum Gasteiger partial charge on any atom is -0.480 e. The first kappa shape index (κ1) is 15.0. The fourth-order valence-electron chi connectivity index (χ4n) is 2.35. The van der Waals surface area contributed by atoms with Crippen LogP contribution in [0.3, 0.4) is 0 Å². The summed E-state index contributed by atoms with van der Waals surface area (Å²) in [5.41, 5.74) is 0. The van der Waals surface area contributed by atoms with E-state index < -0.39 is 27.9 Å². The number of rotatable bonds is 1. The van der Waals surface area contributed by atoms with Crippen molar-refractivity contribution >= 4 is 21.8 Å². The van der Waals surface area contributed by atoms with Crippen LogP contribution in [0.2, 0.25) is 0 Å². The predicted octanol–water partition coefficient (Wildman–Crippen LogP) is -0.988. The highest BCUT2D eigenvalue weighted by Crippen LogP contribution is 2.13. The summed E-state index contributed by atoms with van der Waals surface area (Å²) in [4.78, 5) is 26.2. The maximum absolute atomic E-state index is 12.4. The molecule has 0 aromatic heterocycles. The van der Waals surface area contributed by atoms with Gasteiger partial charge in [0, 0.05) is 19.6 Å². The van der Waals surface area contributed by atoms with Crippen molar-refractivity contribution in [2.24, 2.45) is 0 Å². The summed E-state index contributed by atoms with van der Waals surface area (Å²) >= 11 is 0. The zero-order chi connectivity index (χ0) is 14.8. The van der Waals surface area contributed by atoms with Crippen molar-refractivity contribution < 1.29 is 27.9 Å². The Morgan fingerprint density at radius 3 is 2.60 bits per heavy atom. The van der Waals surface area contributed by atoms with Crippen molar-refractivity contribution in [1.29, 1.82) is 0 Å². The predicted molar refractivity (Wildman–Crippen MR) is 69.2 cm³/mol. The third-order valence-electron chi connectivity index (χ3n) is 3.49. The van der Waals surface area contributed by atoms with Gasteiger partial charge in [0.1, 0.15) is 0 Å². The zero-order valence-electron chi connectivity index (χ0n) is 11.0. The van der Waals surface area contributed by atoms with Crippen LogP contribution >= 0.6 is 0 Å². The van der Waals surface area contributed by atoms with Crippen LogP contribution in [0.25, 0.3) is 0 Å². The molecule has 0 bridgehead atoms. The van der Waals surface area contributed by atoms with Gasteiger partial charge in [-0.15, -0.1) is 0 Å². The molecule has 2 fully saturated rings. The molecule has 0 aromatic rings. The average molecular weight is 306 g/mol. The topological polar surface area (TPSA) is 104 Å². The van der Waals surface area contributed by atoms with Gasteiger partial charge in [0.2, 0.25) is 0 Å². The van der Waals surface area contributed by atoms with Gasteiger partial charge in [0.05, 0.1) is 24.7 Å². The number of carbonyl (C=O) groups excluding carboxylic acids is 1. The van der Waals surface area contributed by atoms with Gasteiger partial charge in [0.25, 0.3) is 0 Å². The van der Waals surface area contributed by atoms with Gasteiger partial charge >= 0.3 is 12.0 Å². The molecule has 0 aromatic carbocycles. The number of urea groups is 1. The zero-order valence-corrected chi connectivity index (χ0v) is 11.8. The molecule has 1 atom stereocenters. The number of carboxylic acid groups (broad SMARTS) is 1. The Kier molecular flexibility index (Phi) is 4.48. The number of hydrogen-bond donors (Lipinski definition) is 1. The van der Waals surface area contributed by atoms with E-state index in [0.717, 1.165) is 0 Å². The fourth-order valence-corrected chi connectivity index (χ4v) is 3.62. The summed E-state index contributed by atoms with van der Waals surface area (Å²) in [5.74, 6) is -1.11. The quantitative estimate of drug-likeness (QED) is 0.667. The normalized spacial score (nSPS) is 26.9. The summed E-state index contributed by atoms with van der Waals surface area (Å²) in [5, 5.41) is 9.11. The Morgan fingerprint density at radius 1 is 1.15 bits per heavy atom. The summed E-state index contributed by atoms with van der Waals surface area (Å²) in [6.45, 7) is 0.917. The molecule has 1 unspecified atom stereocenters.